The van der Waals surface area contributed by atoms with E-state index in [2.05, 4.69) is 73.0 Å². The van der Waals surface area contributed by atoms with Crippen LogP contribution in [0.3, 0.4) is 0 Å². The molecule has 1 aliphatic rings. The maximum absolute atomic E-state index is 9.10. The molecule has 1 fully saturated rings. The Labute approximate surface area is 158 Å². The first-order chi connectivity index (χ1) is 12.4. The molecular weight excluding hydrogens is 350 g/mol. The topological polar surface area (TPSA) is 77.8 Å². The van der Waals surface area contributed by atoms with E-state index < -0.39 is 11.9 Å². The molecule has 0 radical (unpaired) electrons. The van der Waals surface area contributed by atoms with Crippen LogP contribution in [0.25, 0.3) is 0 Å². The molecule has 0 aliphatic carbocycles. The SMILES string of the molecule is Cc1ccc(S)cc1[C@H]1CCCN1Cc1ccccc1.O=C(O)C(=O)O. The van der Waals surface area contributed by atoms with Crippen LogP contribution in [-0.4, -0.2) is 33.6 Å². The molecule has 2 N–H and O–H groups in total. The van der Waals surface area contributed by atoms with Gasteiger partial charge in [0.2, 0.25) is 0 Å². The summed E-state index contributed by atoms with van der Waals surface area (Å²) in [6.07, 6.45) is 2.54. The van der Waals surface area contributed by atoms with Crippen molar-refractivity contribution in [3.05, 3.63) is 65.2 Å². The summed E-state index contributed by atoms with van der Waals surface area (Å²) in [7, 11) is 0. The van der Waals surface area contributed by atoms with E-state index in [0.29, 0.717) is 6.04 Å². The predicted octanol–water partition coefficient (Wildman–Crippen LogP) is 3.78. The molecule has 1 saturated heterocycles. The Hall–Kier alpha value is -2.31. The van der Waals surface area contributed by atoms with Gasteiger partial charge >= 0.3 is 11.9 Å². The molecule has 138 valence electrons. The van der Waals surface area contributed by atoms with Crippen LogP contribution >= 0.6 is 12.6 Å². The van der Waals surface area contributed by atoms with Gasteiger partial charge in [-0.25, -0.2) is 9.59 Å². The smallest absolute Gasteiger partial charge is 0.414 e. The largest absolute Gasteiger partial charge is 0.473 e. The number of carboxylic acid groups (broad SMARTS) is 2. The van der Waals surface area contributed by atoms with E-state index in [1.165, 1.54) is 36.1 Å². The van der Waals surface area contributed by atoms with Crippen molar-refractivity contribution in [2.75, 3.05) is 6.54 Å². The van der Waals surface area contributed by atoms with Gasteiger partial charge in [0.25, 0.3) is 0 Å². The highest BCUT2D eigenvalue weighted by Gasteiger charge is 2.27. The van der Waals surface area contributed by atoms with Gasteiger partial charge in [0.05, 0.1) is 0 Å². The number of hydrogen-bond donors (Lipinski definition) is 3. The number of nitrogens with zero attached hydrogens (tertiary/aromatic N) is 1. The number of aliphatic carboxylic acids is 2. The van der Waals surface area contributed by atoms with Crippen molar-refractivity contribution in [3.63, 3.8) is 0 Å². The second-order valence-electron chi connectivity index (χ2n) is 6.27. The number of carboxylic acids is 2. The third kappa shape index (κ3) is 5.61. The second kappa shape index (κ2) is 9.40. The molecule has 0 unspecified atom stereocenters. The monoisotopic (exact) mass is 373 g/mol. The zero-order valence-electron chi connectivity index (χ0n) is 14.6. The standard InChI is InChI=1S/C18H21NS.C2H2O4/c1-14-9-10-16(20)12-17(14)18-8-5-11-19(18)13-15-6-3-2-4-7-15;3-1(4)2(5)6/h2-4,6-7,9-10,12,18,20H,5,8,11,13H2,1H3;(H,3,4)(H,5,6)/t18-;/m1./s1. The van der Waals surface area contributed by atoms with E-state index in [9.17, 15) is 0 Å². The number of aryl methyl sites for hydroxylation is 1. The molecule has 3 rings (SSSR count). The second-order valence-corrected chi connectivity index (χ2v) is 6.78. The number of rotatable bonds is 3. The van der Waals surface area contributed by atoms with Crippen LogP contribution in [0, 0.1) is 6.92 Å². The summed E-state index contributed by atoms with van der Waals surface area (Å²) < 4.78 is 0. The van der Waals surface area contributed by atoms with Crippen LogP contribution in [0.15, 0.2) is 53.4 Å². The maximum Gasteiger partial charge on any atom is 0.414 e. The van der Waals surface area contributed by atoms with E-state index in [1.54, 1.807) is 0 Å². The Balaban J connectivity index is 0.000000352. The van der Waals surface area contributed by atoms with E-state index >= 15 is 0 Å². The first-order valence-corrected chi connectivity index (χ1v) is 8.87. The van der Waals surface area contributed by atoms with Crippen molar-refractivity contribution in [2.24, 2.45) is 0 Å². The van der Waals surface area contributed by atoms with E-state index in [-0.39, 0.29) is 0 Å². The Morgan fingerprint density at radius 1 is 1.12 bits per heavy atom. The van der Waals surface area contributed by atoms with Crippen molar-refractivity contribution in [3.8, 4) is 0 Å². The van der Waals surface area contributed by atoms with Gasteiger partial charge in [0.15, 0.2) is 0 Å². The van der Waals surface area contributed by atoms with Crippen LogP contribution in [0.2, 0.25) is 0 Å². The van der Waals surface area contributed by atoms with Gasteiger partial charge in [-0.2, -0.15) is 0 Å². The molecule has 0 aromatic heterocycles. The molecule has 0 saturated carbocycles. The Bertz CT molecular complexity index is 752. The van der Waals surface area contributed by atoms with Crippen molar-refractivity contribution in [1.82, 2.24) is 4.90 Å². The van der Waals surface area contributed by atoms with Gasteiger partial charge < -0.3 is 10.2 Å². The molecule has 26 heavy (non-hydrogen) atoms. The summed E-state index contributed by atoms with van der Waals surface area (Å²) in [5, 5.41) is 14.8. The summed E-state index contributed by atoms with van der Waals surface area (Å²) in [4.78, 5) is 21.9. The zero-order chi connectivity index (χ0) is 19.1. The summed E-state index contributed by atoms with van der Waals surface area (Å²) in [5.74, 6) is -3.65. The lowest BCUT2D eigenvalue weighted by atomic mass is 9.99. The average molecular weight is 373 g/mol. The Morgan fingerprint density at radius 3 is 2.38 bits per heavy atom. The highest BCUT2D eigenvalue weighted by Crippen LogP contribution is 2.35. The molecule has 1 aliphatic heterocycles. The summed E-state index contributed by atoms with van der Waals surface area (Å²) in [6, 6.07) is 17.8. The van der Waals surface area contributed by atoms with Crippen LogP contribution in [0.1, 0.15) is 35.6 Å². The quantitative estimate of drug-likeness (QED) is 0.564. The Kier molecular flexibility index (Phi) is 7.24. The highest BCUT2D eigenvalue weighted by atomic mass is 32.1. The minimum atomic E-state index is -1.82. The van der Waals surface area contributed by atoms with E-state index in [0.717, 1.165) is 11.4 Å². The lowest BCUT2D eigenvalue weighted by Gasteiger charge is -2.26. The average Bonchev–Trinajstić information content (AvgIpc) is 3.06. The molecule has 1 atom stereocenters. The van der Waals surface area contributed by atoms with Gasteiger partial charge in [0.1, 0.15) is 0 Å². The Morgan fingerprint density at radius 2 is 1.77 bits per heavy atom. The minimum absolute atomic E-state index is 0.544. The number of likely N-dealkylation sites (tertiary alicyclic amines) is 1. The molecule has 0 spiro atoms. The minimum Gasteiger partial charge on any atom is -0.473 e. The fourth-order valence-electron chi connectivity index (χ4n) is 3.17. The molecule has 0 bridgehead atoms. The molecule has 2 aromatic rings. The van der Waals surface area contributed by atoms with Crippen molar-refractivity contribution >= 4 is 24.6 Å². The lowest BCUT2D eigenvalue weighted by molar-refractivity contribution is -0.159. The molecule has 2 aromatic carbocycles. The third-order valence-electron chi connectivity index (χ3n) is 4.40. The summed E-state index contributed by atoms with van der Waals surface area (Å²) in [6.45, 7) is 4.44. The van der Waals surface area contributed by atoms with Gasteiger partial charge in [-0.05, 0) is 55.1 Å². The van der Waals surface area contributed by atoms with E-state index in [1.807, 2.05) is 0 Å². The van der Waals surface area contributed by atoms with Crippen LogP contribution in [-0.2, 0) is 16.1 Å². The van der Waals surface area contributed by atoms with Gasteiger partial charge in [-0.1, -0.05) is 36.4 Å². The fourth-order valence-corrected chi connectivity index (χ4v) is 3.39. The molecule has 0 amide bonds. The van der Waals surface area contributed by atoms with Crippen LogP contribution in [0.4, 0.5) is 0 Å². The number of hydrogen-bond acceptors (Lipinski definition) is 4. The summed E-state index contributed by atoms with van der Waals surface area (Å²) >= 11 is 4.50. The van der Waals surface area contributed by atoms with Crippen molar-refractivity contribution in [1.29, 1.82) is 0 Å². The van der Waals surface area contributed by atoms with Crippen LogP contribution < -0.4 is 0 Å². The number of carbonyl (C=O) groups is 2. The highest BCUT2D eigenvalue weighted by molar-refractivity contribution is 7.80. The third-order valence-corrected chi connectivity index (χ3v) is 4.68. The number of benzene rings is 2. The van der Waals surface area contributed by atoms with Gasteiger partial charge in [-0.15, -0.1) is 12.6 Å². The first-order valence-electron chi connectivity index (χ1n) is 8.42. The van der Waals surface area contributed by atoms with Crippen LogP contribution in [0.5, 0.6) is 0 Å². The zero-order valence-corrected chi connectivity index (χ0v) is 15.5. The van der Waals surface area contributed by atoms with Gasteiger partial charge in [-0.3, -0.25) is 4.90 Å². The van der Waals surface area contributed by atoms with E-state index in [4.69, 9.17) is 19.8 Å². The summed E-state index contributed by atoms with van der Waals surface area (Å²) in [5.41, 5.74) is 4.23. The first kappa shape index (κ1) is 20.0. The molecular formula is C20H23NO4S. The normalized spacial score (nSPS) is 16.6. The van der Waals surface area contributed by atoms with Gasteiger partial charge in [0, 0.05) is 17.5 Å². The predicted molar refractivity (Wildman–Crippen MR) is 103 cm³/mol. The molecule has 5 nitrogen and oxygen atoms in total. The molecule has 6 heteroatoms. The molecule has 1 heterocycles. The lowest BCUT2D eigenvalue weighted by Crippen LogP contribution is -2.23. The van der Waals surface area contributed by atoms with Crippen molar-refractivity contribution in [2.45, 2.75) is 37.2 Å². The fraction of sp³-hybridized carbons (Fsp3) is 0.300. The van der Waals surface area contributed by atoms with Crippen molar-refractivity contribution < 1.29 is 19.8 Å². The number of thiol groups is 1. The maximum atomic E-state index is 9.10.